The molecule has 1 aromatic carbocycles. The summed E-state index contributed by atoms with van der Waals surface area (Å²) in [6, 6.07) is 4.29. The lowest BCUT2D eigenvalue weighted by Crippen LogP contribution is -2.24. The van der Waals surface area contributed by atoms with Crippen LogP contribution < -0.4 is 11.2 Å². The summed E-state index contributed by atoms with van der Waals surface area (Å²) >= 11 is 7.78. The molecule has 0 aliphatic carbocycles. The zero-order valence-electron chi connectivity index (χ0n) is 7.00. The SMILES string of the molecule is NC(=S)NN=Cc1cc(F)ccc1Br. The van der Waals surface area contributed by atoms with E-state index in [2.05, 4.69) is 38.7 Å². The lowest BCUT2D eigenvalue weighted by Gasteiger charge is -1.98. The highest BCUT2D eigenvalue weighted by Crippen LogP contribution is 2.15. The number of rotatable bonds is 2. The number of nitrogens with zero attached hydrogens (tertiary/aromatic N) is 1. The van der Waals surface area contributed by atoms with Crippen molar-refractivity contribution >= 4 is 39.5 Å². The molecular weight excluding hydrogens is 269 g/mol. The predicted octanol–water partition coefficient (Wildman–Crippen LogP) is 1.76. The Morgan fingerprint density at radius 3 is 3.00 bits per heavy atom. The van der Waals surface area contributed by atoms with E-state index < -0.39 is 0 Å². The Morgan fingerprint density at radius 2 is 2.36 bits per heavy atom. The molecular formula is C8H7BrFN3S. The second-order valence-electron chi connectivity index (χ2n) is 2.40. The third-order valence-corrected chi connectivity index (χ3v) is 2.15. The Labute approximate surface area is 94.3 Å². The number of halogens is 2. The number of thiocarbonyl (C=S) groups is 1. The van der Waals surface area contributed by atoms with Crippen LogP contribution >= 0.6 is 28.1 Å². The summed E-state index contributed by atoms with van der Waals surface area (Å²) in [7, 11) is 0. The molecule has 0 bridgehead atoms. The van der Waals surface area contributed by atoms with Crippen LogP contribution in [0.1, 0.15) is 5.56 Å². The Balaban J connectivity index is 2.80. The summed E-state index contributed by atoms with van der Waals surface area (Å²) < 4.78 is 13.5. The first kappa shape index (κ1) is 11.1. The summed E-state index contributed by atoms with van der Waals surface area (Å²) in [6.45, 7) is 0. The van der Waals surface area contributed by atoms with Crippen LogP contribution in [0.2, 0.25) is 0 Å². The maximum atomic E-state index is 12.8. The number of benzene rings is 1. The van der Waals surface area contributed by atoms with Crippen LogP contribution in [-0.2, 0) is 0 Å². The van der Waals surface area contributed by atoms with Crippen molar-refractivity contribution in [3.8, 4) is 0 Å². The molecule has 0 radical (unpaired) electrons. The molecule has 0 amide bonds. The number of hydrogen-bond donors (Lipinski definition) is 2. The van der Waals surface area contributed by atoms with Crippen molar-refractivity contribution in [2.24, 2.45) is 10.8 Å². The van der Waals surface area contributed by atoms with Gasteiger partial charge in [0.2, 0.25) is 0 Å². The van der Waals surface area contributed by atoms with E-state index in [0.717, 1.165) is 4.47 Å². The Hall–Kier alpha value is -1.01. The van der Waals surface area contributed by atoms with Gasteiger partial charge in [-0.1, -0.05) is 15.9 Å². The number of nitrogens with one attached hydrogen (secondary N) is 1. The van der Waals surface area contributed by atoms with E-state index in [1.165, 1.54) is 18.3 Å². The monoisotopic (exact) mass is 275 g/mol. The number of hydrazone groups is 1. The first-order valence-corrected chi connectivity index (χ1v) is 4.83. The van der Waals surface area contributed by atoms with E-state index in [0.29, 0.717) is 5.56 Å². The van der Waals surface area contributed by atoms with Gasteiger partial charge in [0.05, 0.1) is 6.21 Å². The van der Waals surface area contributed by atoms with Crippen molar-refractivity contribution < 1.29 is 4.39 Å². The molecule has 0 aliphatic heterocycles. The summed E-state index contributed by atoms with van der Waals surface area (Å²) in [5.41, 5.74) is 8.13. The van der Waals surface area contributed by atoms with E-state index in [9.17, 15) is 4.39 Å². The summed E-state index contributed by atoms with van der Waals surface area (Å²) in [4.78, 5) is 0. The second-order valence-corrected chi connectivity index (χ2v) is 3.69. The Bertz CT molecular complexity index is 381. The molecule has 6 heteroatoms. The fourth-order valence-corrected chi connectivity index (χ4v) is 1.18. The van der Waals surface area contributed by atoms with E-state index in [1.54, 1.807) is 6.07 Å². The summed E-state index contributed by atoms with van der Waals surface area (Å²) in [6.07, 6.45) is 1.42. The zero-order valence-corrected chi connectivity index (χ0v) is 9.40. The minimum Gasteiger partial charge on any atom is -0.375 e. The van der Waals surface area contributed by atoms with Gasteiger partial charge in [-0.05, 0) is 30.4 Å². The van der Waals surface area contributed by atoms with Crippen LogP contribution in [0, 0.1) is 5.82 Å². The van der Waals surface area contributed by atoms with Gasteiger partial charge >= 0.3 is 0 Å². The molecule has 1 rings (SSSR count). The molecule has 0 fully saturated rings. The van der Waals surface area contributed by atoms with Gasteiger partial charge in [-0.2, -0.15) is 5.10 Å². The number of hydrogen-bond acceptors (Lipinski definition) is 2. The van der Waals surface area contributed by atoms with Gasteiger partial charge in [0, 0.05) is 10.0 Å². The molecule has 0 atom stereocenters. The molecule has 3 N–H and O–H groups in total. The van der Waals surface area contributed by atoms with Crippen molar-refractivity contribution in [1.29, 1.82) is 0 Å². The first-order valence-electron chi connectivity index (χ1n) is 3.63. The summed E-state index contributed by atoms with van der Waals surface area (Å²) in [5, 5.41) is 3.77. The van der Waals surface area contributed by atoms with Gasteiger partial charge in [0.1, 0.15) is 5.82 Å². The van der Waals surface area contributed by atoms with Gasteiger partial charge in [0.25, 0.3) is 0 Å². The molecule has 0 unspecified atom stereocenters. The molecule has 0 aromatic heterocycles. The Kier molecular flexibility index (Phi) is 3.97. The minimum absolute atomic E-state index is 0.0637. The van der Waals surface area contributed by atoms with Crippen molar-refractivity contribution in [3.05, 3.63) is 34.1 Å². The van der Waals surface area contributed by atoms with E-state index >= 15 is 0 Å². The fourth-order valence-electron chi connectivity index (χ4n) is 0.779. The van der Waals surface area contributed by atoms with Gasteiger partial charge < -0.3 is 5.73 Å². The van der Waals surface area contributed by atoms with Crippen LogP contribution in [0.4, 0.5) is 4.39 Å². The average molecular weight is 276 g/mol. The molecule has 0 saturated carbocycles. The number of nitrogens with two attached hydrogens (primary N) is 1. The average Bonchev–Trinajstić information content (AvgIpc) is 2.10. The molecule has 3 nitrogen and oxygen atoms in total. The highest BCUT2D eigenvalue weighted by molar-refractivity contribution is 9.10. The lowest BCUT2D eigenvalue weighted by molar-refractivity contribution is 0.627. The van der Waals surface area contributed by atoms with Gasteiger partial charge in [-0.3, -0.25) is 5.43 Å². The predicted molar refractivity (Wildman–Crippen MR) is 61.6 cm³/mol. The molecule has 74 valence electrons. The molecule has 0 aliphatic rings. The van der Waals surface area contributed by atoms with Crippen LogP contribution in [0.15, 0.2) is 27.8 Å². The normalized spacial score (nSPS) is 10.4. The largest absolute Gasteiger partial charge is 0.375 e. The summed E-state index contributed by atoms with van der Waals surface area (Å²) in [5.74, 6) is -0.329. The second kappa shape index (κ2) is 5.02. The van der Waals surface area contributed by atoms with Crippen molar-refractivity contribution in [1.82, 2.24) is 5.43 Å². The highest BCUT2D eigenvalue weighted by atomic mass is 79.9. The smallest absolute Gasteiger partial charge is 0.184 e. The van der Waals surface area contributed by atoms with Gasteiger partial charge in [0.15, 0.2) is 5.11 Å². The molecule has 1 aromatic rings. The third-order valence-electron chi connectivity index (χ3n) is 1.34. The third kappa shape index (κ3) is 3.39. The van der Waals surface area contributed by atoms with E-state index in [4.69, 9.17) is 5.73 Å². The Morgan fingerprint density at radius 1 is 1.64 bits per heavy atom. The van der Waals surface area contributed by atoms with Crippen LogP contribution in [-0.4, -0.2) is 11.3 Å². The molecule has 14 heavy (non-hydrogen) atoms. The minimum atomic E-state index is -0.329. The molecule has 0 heterocycles. The lowest BCUT2D eigenvalue weighted by atomic mass is 10.2. The zero-order chi connectivity index (χ0) is 10.6. The maximum absolute atomic E-state index is 12.8. The molecule has 0 saturated heterocycles. The molecule has 0 spiro atoms. The van der Waals surface area contributed by atoms with Gasteiger partial charge in [-0.15, -0.1) is 0 Å². The topological polar surface area (TPSA) is 50.4 Å². The van der Waals surface area contributed by atoms with E-state index in [-0.39, 0.29) is 10.9 Å². The van der Waals surface area contributed by atoms with Crippen LogP contribution in [0.5, 0.6) is 0 Å². The maximum Gasteiger partial charge on any atom is 0.184 e. The quantitative estimate of drug-likeness (QED) is 0.491. The van der Waals surface area contributed by atoms with E-state index in [1.807, 2.05) is 0 Å². The first-order chi connectivity index (χ1) is 6.59. The standard InChI is InChI=1S/C8H7BrFN3S/c9-7-2-1-6(10)3-5(7)4-12-13-8(11)14/h1-4H,(H3,11,13,14). The van der Waals surface area contributed by atoms with Crippen molar-refractivity contribution in [2.45, 2.75) is 0 Å². The fraction of sp³-hybridized carbons (Fsp3) is 0. The van der Waals surface area contributed by atoms with Crippen LogP contribution in [0.25, 0.3) is 0 Å². The van der Waals surface area contributed by atoms with Crippen molar-refractivity contribution in [2.75, 3.05) is 0 Å². The van der Waals surface area contributed by atoms with Crippen LogP contribution in [0.3, 0.4) is 0 Å². The van der Waals surface area contributed by atoms with Gasteiger partial charge in [-0.25, -0.2) is 4.39 Å². The van der Waals surface area contributed by atoms with Crippen molar-refractivity contribution in [3.63, 3.8) is 0 Å². The highest BCUT2D eigenvalue weighted by Gasteiger charge is 1.98.